The van der Waals surface area contributed by atoms with Crippen molar-refractivity contribution >= 4 is 33.1 Å². The smallest absolute Gasteiger partial charge is 0.294 e. The molecule has 4 N–H and O–H groups in total. The van der Waals surface area contributed by atoms with Gasteiger partial charge in [-0.25, -0.2) is 10.1 Å². The molecule has 3 aromatic rings. The summed E-state index contributed by atoms with van der Waals surface area (Å²) < 4.78 is 31.4. The van der Waals surface area contributed by atoms with Gasteiger partial charge in [0, 0.05) is 12.6 Å². The molecule has 1 saturated heterocycles. The summed E-state index contributed by atoms with van der Waals surface area (Å²) in [6, 6.07) is 17.6. The van der Waals surface area contributed by atoms with Crippen LogP contribution in [0.3, 0.4) is 0 Å². The van der Waals surface area contributed by atoms with Crippen molar-refractivity contribution in [1.82, 2.24) is 10.1 Å². The van der Waals surface area contributed by atoms with Crippen molar-refractivity contribution in [2.45, 2.75) is 37.9 Å². The van der Waals surface area contributed by atoms with Crippen LogP contribution in [0.25, 0.3) is 0 Å². The van der Waals surface area contributed by atoms with Crippen molar-refractivity contribution in [2.24, 2.45) is 10.2 Å². The van der Waals surface area contributed by atoms with Gasteiger partial charge in [-0.3, -0.25) is 15.2 Å². The molecule has 0 unspecified atom stereocenters. The van der Waals surface area contributed by atoms with Crippen molar-refractivity contribution < 1.29 is 23.3 Å². The van der Waals surface area contributed by atoms with Gasteiger partial charge in [-0.2, -0.15) is 18.5 Å². The van der Waals surface area contributed by atoms with E-state index in [0.717, 1.165) is 16.2 Å². The van der Waals surface area contributed by atoms with Crippen molar-refractivity contribution in [3.63, 3.8) is 0 Å². The van der Waals surface area contributed by atoms with Crippen molar-refractivity contribution in [3.8, 4) is 5.75 Å². The highest BCUT2D eigenvalue weighted by Gasteiger charge is 2.48. The number of phenols is 1. The standard InChI is InChI=1S/C24H26N6O5S/c1-16-4-6-17(7-5-16)15-28-24(2,3)30(32)23(25)29(28)19-10-13-21(22(31)14-19)27-26-18-8-11-20(12-9-18)36(33,34)35/h4-14,25,31-32H,15H2,1-3H3,(H,33,34,35). The van der Waals surface area contributed by atoms with Gasteiger partial charge in [0.2, 0.25) is 5.96 Å². The quantitative estimate of drug-likeness (QED) is 0.268. The summed E-state index contributed by atoms with van der Waals surface area (Å²) in [5.41, 5.74) is 2.06. The number of anilines is 1. The predicted molar refractivity (Wildman–Crippen MR) is 133 cm³/mol. The van der Waals surface area contributed by atoms with Gasteiger partial charge in [-0.1, -0.05) is 29.8 Å². The molecule has 1 aliphatic heterocycles. The Morgan fingerprint density at radius 3 is 2.19 bits per heavy atom. The molecule has 1 heterocycles. The second-order valence-electron chi connectivity index (χ2n) is 8.83. The molecule has 0 amide bonds. The lowest BCUT2D eigenvalue weighted by Crippen LogP contribution is -2.49. The van der Waals surface area contributed by atoms with E-state index >= 15 is 0 Å². The fourth-order valence-electron chi connectivity index (χ4n) is 3.73. The van der Waals surface area contributed by atoms with Crippen LogP contribution >= 0.6 is 0 Å². The maximum Gasteiger partial charge on any atom is 0.294 e. The van der Waals surface area contributed by atoms with E-state index in [-0.39, 0.29) is 22.3 Å². The fraction of sp³-hybridized carbons (Fsp3) is 0.208. The van der Waals surface area contributed by atoms with Crippen molar-refractivity contribution in [2.75, 3.05) is 5.01 Å². The number of aromatic hydroxyl groups is 1. The van der Waals surface area contributed by atoms with Crippen LogP contribution in [0.15, 0.2) is 81.9 Å². The third kappa shape index (κ3) is 4.93. The van der Waals surface area contributed by atoms with Crippen LogP contribution < -0.4 is 5.01 Å². The zero-order chi connectivity index (χ0) is 26.3. The number of hydrogen-bond acceptors (Lipinski definition) is 8. The first kappa shape index (κ1) is 25.3. The number of rotatable bonds is 6. The summed E-state index contributed by atoms with van der Waals surface area (Å²) in [6.45, 7) is 5.96. The summed E-state index contributed by atoms with van der Waals surface area (Å²) in [6.07, 6.45) is 0. The van der Waals surface area contributed by atoms with E-state index in [2.05, 4.69) is 10.2 Å². The first-order valence-electron chi connectivity index (χ1n) is 10.9. The maximum atomic E-state index is 11.2. The highest BCUT2D eigenvalue weighted by atomic mass is 32.2. The molecule has 0 saturated carbocycles. The molecule has 3 aromatic carbocycles. The van der Waals surface area contributed by atoms with Gasteiger partial charge in [-0.15, -0.1) is 5.11 Å². The lowest BCUT2D eigenvalue weighted by molar-refractivity contribution is -0.133. The average Bonchev–Trinajstić information content (AvgIpc) is 2.99. The third-order valence-electron chi connectivity index (χ3n) is 5.86. The summed E-state index contributed by atoms with van der Waals surface area (Å²) in [5.74, 6) is -0.386. The molecule has 0 spiro atoms. The van der Waals surface area contributed by atoms with E-state index in [0.29, 0.717) is 17.9 Å². The lowest BCUT2D eigenvalue weighted by atomic mass is 10.1. The maximum absolute atomic E-state index is 11.2. The summed E-state index contributed by atoms with van der Waals surface area (Å²) in [4.78, 5) is -0.266. The van der Waals surface area contributed by atoms with E-state index in [9.17, 15) is 18.7 Å². The average molecular weight is 511 g/mol. The second kappa shape index (κ2) is 9.32. The molecule has 1 fully saturated rings. The highest BCUT2D eigenvalue weighted by Crippen LogP contribution is 2.38. The zero-order valence-electron chi connectivity index (χ0n) is 19.9. The van der Waals surface area contributed by atoms with Gasteiger partial charge >= 0.3 is 0 Å². The Morgan fingerprint density at radius 1 is 0.972 bits per heavy atom. The van der Waals surface area contributed by atoms with Gasteiger partial charge < -0.3 is 5.11 Å². The number of nitrogens with one attached hydrogen (secondary N) is 1. The molecule has 0 bridgehead atoms. The van der Waals surface area contributed by atoms with E-state index in [4.69, 9.17) is 9.96 Å². The van der Waals surface area contributed by atoms with Crippen LogP contribution in [0.2, 0.25) is 0 Å². The molecule has 0 radical (unpaired) electrons. The number of aryl methyl sites for hydroxylation is 1. The van der Waals surface area contributed by atoms with Crippen LogP contribution in [-0.4, -0.2) is 45.0 Å². The van der Waals surface area contributed by atoms with E-state index < -0.39 is 15.8 Å². The lowest BCUT2D eigenvalue weighted by Gasteiger charge is -2.36. The van der Waals surface area contributed by atoms with E-state index in [1.54, 1.807) is 19.9 Å². The normalized spacial score (nSPS) is 16.3. The minimum Gasteiger partial charge on any atom is -0.506 e. The molecule has 12 heteroatoms. The molecular weight excluding hydrogens is 484 g/mol. The van der Waals surface area contributed by atoms with Crippen LogP contribution in [0.4, 0.5) is 17.1 Å². The number of nitrogens with zero attached hydrogens (tertiary/aromatic N) is 5. The number of guanidine groups is 1. The first-order valence-corrected chi connectivity index (χ1v) is 12.3. The molecule has 0 atom stereocenters. The van der Waals surface area contributed by atoms with E-state index in [1.165, 1.54) is 41.4 Å². The second-order valence-corrected chi connectivity index (χ2v) is 10.2. The van der Waals surface area contributed by atoms with Crippen molar-refractivity contribution in [3.05, 3.63) is 77.9 Å². The summed E-state index contributed by atoms with van der Waals surface area (Å²) in [7, 11) is -4.31. The molecule has 0 aliphatic carbocycles. The monoisotopic (exact) mass is 510 g/mol. The van der Waals surface area contributed by atoms with Crippen LogP contribution in [-0.2, 0) is 16.7 Å². The fourth-order valence-corrected chi connectivity index (χ4v) is 4.21. The molecule has 36 heavy (non-hydrogen) atoms. The van der Waals surface area contributed by atoms with Gasteiger partial charge in [0.1, 0.15) is 17.1 Å². The highest BCUT2D eigenvalue weighted by molar-refractivity contribution is 7.85. The predicted octanol–water partition coefficient (Wildman–Crippen LogP) is 4.96. The first-order chi connectivity index (χ1) is 16.9. The largest absolute Gasteiger partial charge is 0.506 e. The van der Waals surface area contributed by atoms with Gasteiger partial charge in [0.25, 0.3) is 10.1 Å². The summed E-state index contributed by atoms with van der Waals surface area (Å²) >= 11 is 0. The van der Waals surface area contributed by atoms with Crippen LogP contribution in [0.1, 0.15) is 25.0 Å². The minimum atomic E-state index is -4.31. The minimum absolute atomic E-state index is 0.147. The molecule has 188 valence electrons. The Balaban J connectivity index is 1.60. The Hall–Kier alpha value is -3.84. The van der Waals surface area contributed by atoms with E-state index in [1.807, 2.05) is 36.2 Å². The van der Waals surface area contributed by atoms with Crippen molar-refractivity contribution in [1.29, 1.82) is 5.41 Å². The number of hydrazine groups is 1. The Kier molecular flexibility index (Phi) is 6.54. The van der Waals surface area contributed by atoms with Crippen LogP contribution in [0.5, 0.6) is 5.75 Å². The molecule has 11 nitrogen and oxygen atoms in total. The Morgan fingerprint density at radius 2 is 1.61 bits per heavy atom. The number of phenolic OH excluding ortho intramolecular Hbond substituents is 1. The molecule has 1 aliphatic rings. The molecular formula is C24H26N6O5S. The van der Waals surface area contributed by atoms with Gasteiger partial charge in [0.15, 0.2) is 0 Å². The molecule has 4 rings (SSSR count). The number of hydroxylamine groups is 2. The number of azo groups is 1. The Labute approximate surface area is 208 Å². The number of hydrogen-bond donors (Lipinski definition) is 4. The topological polar surface area (TPSA) is 153 Å². The van der Waals surface area contributed by atoms with Gasteiger partial charge in [0.05, 0.1) is 16.3 Å². The van der Waals surface area contributed by atoms with Gasteiger partial charge in [-0.05, 0) is 62.7 Å². The SMILES string of the molecule is Cc1ccc(CN2N(c3ccc(N=Nc4ccc(S(=O)(=O)O)cc4)c(O)c3)C(=N)N(O)C2(C)C)cc1. The Bertz CT molecular complexity index is 1420. The zero-order valence-corrected chi connectivity index (χ0v) is 20.7. The summed E-state index contributed by atoms with van der Waals surface area (Å²) in [5, 5.41) is 41.9. The third-order valence-corrected chi connectivity index (χ3v) is 6.72. The molecule has 0 aromatic heterocycles. The number of benzene rings is 3. The van der Waals surface area contributed by atoms with Crippen LogP contribution in [0, 0.1) is 12.3 Å².